The molecule has 2 heterocycles. The monoisotopic (exact) mass is 245 g/mol. The molecule has 0 radical (unpaired) electrons. The minimum absolute atomic E-state index is 0.0396. The number of aromatic nitrogens is 3. The van der Waals surface area contributed by atoms with Crippen molar-refractivity contribution in [2.24, 2.45) is 0 Å². The molecule has 0 saturated carbocycles. The van der Waals surface area contributed by atoms with Crippen LogP contribution in [0.15, 0.2) is 30.5 Å². The van der Waals surface area contributed by atoms with E-state index in [4.69, 9.17) is 9.84 Å². The first-order chi connectivity index (χ1) is 8.74. The Morgan fingerprint density at radius 2 is 2.33 bits per heavy atom. The van der Waals surface area contributed by atoms with Crippen molar-refractivity contribution >= 4 is 5.97 Å². The number of aromatic carboxylic acids is 1. The Labute approximate surface area is 103 Å². The number of carbonyl (C=O) groups is 1. The average molecular weight is 245 g/mol. The average Bonchev–Trinajstić information content (AvgIpc) is 2.98. The molecule has 1 aromatic heterocycles. The van der Waals surface area contributed by atoms with Crippen molar-refractivity contribution in [2.45, 2.75) is 12.5 Å². The van der Waals surface area contributed by atoms with E-state index in [1.807, 2.05) is 24.3 Å². The highest BCUT2D eigenvalue weighted by Gasteiger charge is 2.24. The van der Waals surface area contributed by atoms with E-state index in [2.05, 4.69) is 10.3 Å². The van der Waals surface area contributed by atoms with Gasteiger partial charge in [-0.3, -0.25) is 4.68 Å². The molecular formula is C12H11N3O3. The van der Waals surface area contributed by atoms with Crippen LogP contribution in [0.1, 0.15) is 22.0 Å². The van der Waals surface area contributed by atoms with Gasteiger partial charge in [0, 0.05) is 11.5 Å². The van der Waals surface area contributed by atoms with Gasteiger partial charge in [0.1, 0.15) is 5.75 Å². The first-order valence-corrected chi connectivity index (χ1v) is 5.59. The third-order valence-electron chi connectivity index (χ3n) is 2.96. The summed E-state index contributed by atoms with van der Waals surface area (Å²) in [6.07, 6.45) is 1.43. The van der Waals surface area contributed by atoms with Crippen molar-refractivity contribution in [3.8, 4) is 5.75 Å². The number of benzene rings is 1. The lowest BCUT2D eigenvalue weighted by atomic mass is 10.0. The van der Waals surface area contributed by atoms with E-state index in [-0.39, 0.29) is 11.6 Å². The van der Waals surface area contributed by atoms with Crippen molar-refractivity contribution in [3.05, 3.63) is 41.7 Å². The third-order valence-corrected chi connectivity index (χ3v) is 2.96. The summed E-state index contributed by atoms with van der Waals surface area (Å²) in [6, 6.07) is 7.84. The first kappa shape index (κ1) is 10.8. The molecule has 18 heavy (non-hydrogen) atoms. The molecule has 2 aromatic rings. The number of nitrogens with zero attached hydrogens (tertiary/aromatic N) is 3. The number of fused-ring (bicyclic) bond motifs is 1. The molecule has 6 heteroatoms. The van der Waals surface area contributed by atoms with Crippen LogP contribution >= 0.6 is 0 Å². The van der Waals surface area contributed by atoms with Crippen molar-refractivity contribution in [3.63, 3.8) is 0 Å². The van der Waals surface area contributed by atoms with E-state index in [0.29, 0.717) is 13.2 Å². The molecule has 0 aliphatic carbocycles. The molecule has 0 bridgehead atoms. The number of hydrogen-bond donors (Lipinski definition) is 1. The molecule has 1 aliphatic heterocycles. The standard InChI is InChI=1S/C12H11N3O3/c16-12(17)10-6-15(14-13-10)5-8-7-18-11-4-2-1-3-9(8)11/h1-4,6,8H,5,7H2,(H,16,17). The largest absolute Gasteiger partial charge is 0.493 e. The Bertz CT molecular complexity index is 594. The second kappa shape index (κ2) is 4.14. The fourth-order valence-corrected chi connectivity index (χ4v) is 2.09. The summed E-state index contributed by atoms with van der Waals surface area (Å²) in [6.45, 7) is 1.15. The summed E-state index contributed by atoms with van der Waals surface area (Å²) in [5, 5.41) is 16.2. The minimum Gasteiger partial charge on any atom is -0.493 e. The molecule has 1 aromatic carbocycles. The van der Waals surface area contributed by atoms with Gasteiger partial charge >= 0.3 is 5.97 Å². The number of carboxylic acids is 1. The van der Waals surface area contributed by atoms with Crippen LogP contribution in [0.25, 0.3) is 0 Å². The SMILES string of the molecule is O=C(O)c1cn(CC2COc3ccccc32)nn1. The van der Waals surface area contributed by atoms with Gasteiger partial charge < -0.3 is 9.84 Å². The van der Waals surface area contributed by atoms with Gasteiger partial charge in [-0.05, 0) is 6.07 Å². The second-order valence-corrected chi connectivity index (χ2v) is 4.18. The van der Waals surface area contributed by atoms with Crippen LogP contribution in [0.5, 0.6) is 5.75 Å². The van der Waals surface area contributed by atoms with Crippen LogP contribution in [0, 0.1) is 0 Å². The van der Waals surface area contributed by atoms with Gasteiger partial charge in [0.25, 0.3) is 0 Å². The Morgan fingerprint density at radius 3 is 3.11 bits per heavy atom. The normalized spacial score (nSPS) is 17.2. The fraction of sp³-hybridized carbons (Fsp3) is 0.250. The summed E-state index contributed by atoms with van der Waals surface area (Å²) >= 11 is 0. The van der Waals surface area contributed by atoms with E-state index >= 15 is 0 Å². The Morgan fingerprint density at radius 1 is 1.50 bits per heavy atom. The molecule has 0 spiro atoms. The number of para-hydroxylation sites is 1. The van der Waals surface area contributed by atoms with Gasteiger partial charge in [-0.15, -0.1) is 5.10 Å². The van der Waals surface area contributed by atoms with E-state index in [1.165, 1.54) is 6.20 Å². The molecule has 6 nitrogen and oxygen atoms in total. The lowest BCUT2D eigenvalue weighted by Gasteiger charge is -2.07. The quantitative estimate of drug-likeness (QED) is 0.877. The maximum atomic E-state index is 10.7. The first-order valence-electron chi connectivity index (χ1n) is 5.59. The zero-order valence-corrected chi connectivity index (χ0v) is 9.48. The molecule has 1 aliphatic rings. The van der Waals surface area contributed by atoms with Crippen molar-refractivity contribution in [1.82, 2.24) is 15.0 Å². The van der Waals surface area contributed by atoms with Gasteiger partial charge in [0.2, 0.25) is 0 Å². The molecule has 1 N–H and O–H groups in total. The van der Waals surface area contributed by atoms with Gasteiger partial charge in [0.15, 0.2) is 5.69 Å². The Kier molecular flexibility index (Phi) is 2.47. The highest BCUT2D eigenvalue weighted by molar-refractivity contribution is 5.84. The predicted octanol–water partition coefficient (Wildman–Crippen LogP) is 1.15. The van der Waals surface area contributed by atoms with Crippen LogP contribution in [-0.2, 0) is 6.54 Å². The van der Waals surface area contributed by atoms with Gasteiger partial charge in [-0.2, -0.15) is 0 Å². The van der Waals surface area contributed by atoms with E-state index < -0.39 is 5.97 Å². The fourth-order valence-electron chi connectivity index (χ4n) is 2.09. The number of hydrogen-bond acceptors (Lipinski definition) is 4. The molecule has 92 valence electrons. The molecule has 3 rings (SSSR count). The molecule has 0 amide bonds. The summed E-state index contributed by atoms with van der Waals surface area (Å²) in [7, 11) is 0. The van der Waals surface area contributed by atoms with E-state index in [9.17, 15) is 4.79 Å². The maximum Gasteiger partial charge on any atom is 0.358 e. The molecular weight excluding hydrogens is 234 g/mol. The maximum absolute atomic E-state index is 10.7. The number of ether oxygens (including phenoxy) is 1. The minimum atomic E-state index is -1.07. The third kappa shape index (κ3) is 1.81. The Balaban J connectivity index is 1.80. The van der Waals surface area contributed by atoms with Crippen LogP contribution < -0.4 is 4.74 Å². The van der Waals surface area contributed by atoms with Crippen molar-refractivity contribution in [2.75, 3.05) is 6.61 Å². The second-order valence-electron chi connectivity index (χ2n) is 4.18. The summed E-state index contributed by atoms with van der Waals surface area (Å²) in [5.74, 6) is 0.00920. The highest BCUT2D eigenvalue weighted by atomic mass is 16.5. The summed E-state index contributed by atoms with van der Waals surface area (Å²) in [5.41, 5.74) is 1.09. The number of carboxylic acid groups (broad SMARTS) is 1. The van der Waals surface area contributed by atoms with Crippen LogP contribution in [0.4, 0.5) is 0 Å². The topological polar surface area (TPSA) is 77.2 Å². The molecule has 1 atom stereocenters. The summed E-state index contributed by atoms with van der Waals surface area (Å²) < 4.78 is 7.10. The molecule has 0 fully saturated rings. The Hall–Kier alpha value is -2.37. The number of rotatable bonds is 3. The van der Waals surface area contributed by atoms with Gasteiger partial charge in [0.05, 0.1) is 19.3 Å². The van der Waals surface area contributed by atoms with Crippen LogP contribution in [0.3, 0.4) is 0 Å². The summed E-state index contributed by atoms with van der Waals surface area (Å²) in [4.78, 5) is 10.7. The predicted molar refractivity (Wildman–Crippen MR) is 61.7 cm³/mol. The van der Waals surface area contributed by atoms with Gasteiger partial charge in [-0.25, -0.2) is 4.79 Å². The van der Waals surface area contributed by atoms with Crippen LogP contribution in [0.2, 0.25) is 0 Å². The van der Waals surface area contributed by atoms with E-state index in [1.54, 1.807) is 4.68 Å². The van der Waals surface area contributed by atoms with Gasteiger partial charge in [-0.1, -0.05) is 23.4 Å². The van der Waals surface area contributed by atoms with Crippen LogP contribution in [-0.4, -0.2) is 32.7 Å². The zero-order chi connectivity index (χ0) is 12.5. The lowest BCUT2D eigenvalue weighted by Crippen LogP contribution is -2.11. The molecule has 1 unspecified atom stereocenters. The highest BCUT2D eigenvalue weighted by Crippen LogP contribution is 2.34. The lowest BCUT2D eigenvalue weighted by molar-refractivity contribution is 0.0690. The van der Waals surface area contributed by atoms with Crippen molar-refractivity contribution < 1.29 is 14.6 Å². The van der Waals surface area contributed by atoms with Crippen molar-refractivity contribution in [1.29, 1.82) is 0 Å². The zero-order valence-electron chi connectivity index (χ0n) is 9.48. The van der Waals surface area contributed by atoms with E-state index in [0.717, 1.165) is 11.3 Å². The molecule has 0 saturated heterocycles. The smallest absolute Gasteiger partial charge is 0.358 e.